The summed E-state index contributed by atoms with van der Waals surface area (Å²) in [6, 6.07) is 16.6. The molecule has 0 fully saturated rings. The molecule has 186 valence electrons. The lowest BCUT2D eigenvalue weighted by atomic mass is 10.2. The van der Waals surface area contributed by atoms with Crippen molar-refractivity contribution in [2.75, 3.05) is 25.6 Å². The highest BCUT2D eigenvalue weighted by molar-refractivity contribution is 6.32. The smallest absolute Gasteiger partial charge is 0.248 e. The van der Waals surface area contributed by atoms with E-state index >= 15 is 0 Å². The molecule has 0 radical (unpaired) electrons. The standard InChI is InChI=1S/C26H26ClN5O4/c1-17(34-2)26(33)29-12-13-35-23-8-5-7-21-24(23)25(31-16-30-21)32-18-9-10-22(20(27)14-18)36-15-19-6-3-4-11-28-19/h3-11,14,16-17H,12-13,15H2,1-2H3,(H,29,33)(H,30,31,32). The molecule has 2 aromatic carbocycles. The maximum Gasteiger partial charge on any atom is 0.248 e. The Morgan fingerprint density at radius 2 is 1.92 bits per heavy atom. The molecule has 36 heavy (non-hydrogen) atoms. The Hall–Kier alpha value is -3.95. The number of fused-ring (bicyclic) bond motifs is 1. The SMILES string of the molecule is COC(C)C(=O)NCCOc1cccc2ncnc(Nc3ccc(OCc4ccccn4)c(Cl)c3)c12. The number of anilines is 2. The zero-order valence-corrected chi connectivity index (χ0v) is 20.7. The van der Waals surface area contributed by atoms with Crippen LogP contribution in [-0.4, -0.2) is 47.2 Å². The van der Waals surface area contributed by atoms with Crippen molar-refractivity contribution in [1.29, 1.82) is 0 Å². The summed E-state index contributed by atoms with van der Waals surface area (Å²) in [4.78, 5) is 24.9. The van der Waals surface area contributed by atoms with E-state index in [4.69, 9.17) is 25.8 Å². The number of rotatable bonds is 11. The first-order valence-corrected chi connectivity index (χ1v) is 11.7. The van der Waals surface area contributed by atoms with Gasteiger partial charge in [0.2, 0.25) is 5.91 Å². The number of nitrogens with zero attached hydrogens (tertiary/aromatic N) is 3. The van der Waals surface area contributed by atoms with Crippen LogP contribution in [0.25, 0.3) is 10.9 Å². The molecule has 9 nitrogen and oxygen atoms in total. The van der Waals surface area contributed by atoms with Crippen molar-refractivity contribution in [3.63, 3.8) is 0 Å². The summed E-state index contributed by atoms with van der Waals surface area (Å²) in [6.45, 7) is 2.59. The van der Waals surface area contributed by atoms with E-state index in [1.165, 1.54) is 13.4 Å². The van der Waals surface area contributed by atoms with Crippen LogP contribution in [0.4, 0.5) is 11.5 Å². The van der Waals surface area contributed by atoms with E-state index in [9.17, 15) is 4.79 Å². The molecule has 0 bridgehead atoms. The number of carbonyl (C=O) groups excluding carboxylic acids is 1. The first-order chi connectivity index (χ1) is 17.5. The minimum atomic E-state index is -0.523. The molecule has 0 aliphatic rings. The lowest BCUT2D eigenvalue weighted by Crippen LogP contribution is -2.36. The van der Waals surface area contributed by atoms with Crippen molar-refractivity contribution in [1.82, 2.24) is 20.3 Å². The van der Waals surface area contributed by atoms with Crippen LogP contribution in [0.2, 0.25) is 5.02 Å². The number of methoxy groups -OCH3 is 1. The number of ether oxygens (including phenoxy) is 3. The number of aromatic nitrogens is 3. The molecular weight excluding hydrogens is 482 g/mol. The van der Waals surface area contributed by atoms with Gasteiger partial charge in [0.15, 0.2) is 0 Å². The van der Waals surface area contributed by atoms with Gasteiger partial charge in [0.25, 0.3) is 0 Å². The highest BCUT2D eigenvalue weighted by atomic mass is 35.5. The van der Waals surface area contributed by atoms with E-state index in [-0.39, 0.29) is 12.5 Å². The van der Waals surface area contributed by atoms with Crippen molar-refractivity contribution in [2.24, 2.45) is 0 Å². The average Bonchev–Trinajstić information content (AvgIpc) is 2.90. The third-order valence-electron chi connectivity index (χ3n) is 5.30. The molecule has 4 rings (SSSR count). The number of carbonyl (C=O) groups is 1. The molecular formula is C26H26ClN5O4. The maximum absolute atomic E-state index is 11.9. The predicted molar refractivity (Wildman–Crippen MR) is 138 cm³/mol. The number of pyridine rings is 1. The molecule has 0 spiro atoms. The number of nitrogens with one attached hydrogen (secondary N) is 2. The van der Waals surface area contributed by atoms with Gasteiger partial charge in [-0.15, -0.1) is 0 Å². The topological polar surface area (TPSA) is 107 Å². The fraction of sp³-hybridized carbons (Fsp3) is 0.231. The van der Waals surface area contributed by atoms with Gasteiger partial charge in [-0.05, 0) is 49.4 Å². The molecule has 2 N–H and O–H groups in total. The summed E-state index contributed by atoms with van der Waals surface area (Å²) in [5.41, 5.74) is 2.24. The summed E-state index contributed by atoms with van der Waals surface area (Å²) in [6.07, 6.45) is 2.67. The van der Waals surface area contributed by atoms with Crippen molar-refractivity contribution in [3.8, 4) is 11.5 Å². The van der Waals surface area contributed by atoms with E-state index in [1.807, 2.05) is 42.5 Å². The largest absolute Gasteiger partial charge is 0.491 e. The number of amides is 1. The van der Waals surface area contributed by atoms with E-state index in [2.05, 4.69) is 25.6 Å². The predicted octanol–water partition coefficient (Wildman–Crippen LogP) is 4.53. The van der Waals surface area contributed by atoms with Crippen molar-refractivity contribution >= 4 is 39.9 Å². The van der Waals surface area contributed by atoms with Crippen molar-refractivity contribution in [2.45, 2.75) is 19.6 Å². The Bertz CT molecular complexity index is 1320. The molecule has 2 aromatic heterocycles. The lowest BCUT2D eigenvalue weighted by molar-refractivity contribution is -0.130. The first kappa shape index (κ1) is 25.2. The summed E-state index contributed by atoms with van der Waals surface area (Å²) >= 11 is 6.47. The zero-order chi connectivity index (χ0) is 25.3. The second-order valence-corrected chi connectivity index (χ2v) is 8.18. The Labute approximate surface area is 213 Å². The van der Waals surface area contributed by atoms with Gasteiger partial charge >= 0.3 is 0 Å². The fourth-order valence-electron chi connectivity index (χ4n) is 3.35. The number of hydrogen-bond acceptors (Lipinski definition) is 8. The van der Waals surface area contributed by atoms with Crippen LogP contribution in [0.3, 0.4) is 0 Å². The van der Waals surface area contributed by atoms with Crippen LogP contribution in [0.15, 0.2) is 67.1 Å². The van der Waals surface area contributed by atoms with Gasteiger partial charge in [-0.2, -0.15) is 0 Å². The lowest BCUT2D eigenvalue weighted by Gasteiger charge is -2.15. The van der Waals surface area contributed by atoms with Crippen molar-refractivity contribution in [3.05, 3.63) is 77.8 Å². The number of hydrogen-bond donors (Lipinski definition) is 2. The molecule has 10 heteroatoms. The Morgan fingerprint density at radius 1 is 1.03 bits per heavy atom. The molecule has 2 heterocycles. The van der Waals surface area contributed by atoms with Crippen LogP contribution in [-0.2, 0) is 16.1 Å². The van der Waals surface area contributed by atoms with Gasteiger partial charge in [-0.3, -0.25) is 9.78 Å². The molecule has 1 unspecified atom stereocenters. The van der Waals surface area contributed by atoms with E-state index in [0.717, 1.165) is 11.4 Å². The Balaban J connectivity index is 1.46. The molecule has 4 aromatic rings. The molecule has 0 saturated carbocycles. The quantitative estimate of drug-likeness (QED) is 0.285. The minimum absolute atomic E-state index is 0.200. The monoisotopic (exact) mass is 507 g/mol. The van der Waals surface area contributed by atoms with Crippen molar-refractivity contribution < 1.29 is 19.0 Å². The summed E-state index contributed by atoms with van der Waals surface area (Å²) in [5.74, 6) is 1.50. The maximum atomic E-state index is 11.9. The van der Waals surface area contributed by atoms with Gasteiger partial charge in [0.05, 0.1) is 28.2 Å². The molecule has 0 saturated heterocycles. The zero-order valence-electron chi connectivity index (χ0n) is 19.9. The average molecular weight is 508 g/mol. The highest BCUT2D eigenvalue weighted by Crippen LogP contribution is 2.34. The van der Waals surface area contributed by atoms with Crippen LogP contribution in [0.1, 0.15) is 12.6 Å². The fourth-order valence-corrected chi connectivity index (χ4v) is 3.58. The third-order valence-corrected chi connectivity index (χ3v) is 5.60. The minimum Gasteiger partial charge on any atom is -0.491 e. The van der Waals surface area contributed by atoms with Gasteiger partial charge < -0.3 is 24.8 Å². The van der Waals surface area contributed by atoms with E-state index in [1.54, 1.807) is 25.3 Å². The Kier molecular flexibility index (Phi) is 8.48. The van der Waals surface area contributed by atoms with Crippen LogP contribution in [0.5, 0.6) is 11.5 Å². The molecule has 1 atom stereocenters. The van der Waals surface area contributed by atoms with Crippen LogP contribution >= 0.6 is 11.6 Å². The van der Waals surface area contributed by atoms with E-state index < -0.39 is 6.10 Å². The highest BCUT2D eigenvalue weighted by Gasteiger charge is 2.13. The van der Waals surface area contributed by atoms with Gasteiger partial charge in [0.1, 0.15) is 43.0 Å². The summed E-state index contributed by atoms with van der Waals surface area (Å²) < 4.78 is 16.8. The van der Waals surface area contributed by atoms with E-state index in [0.29, 0.717) is 46.4 Å². The Morgan fingerprint density at radius 3 is 2.69 bits per heavy atom. The summed E-state index contributed by atoms with van der Waals surface area (Å²) in [5, 5.41) is 7.22. The second-order valence-electron chi connectivity index (χ2n) is 7.77. The summed E-state index contributed by atoms with van der Waals surface area (Å²) in [7, 11) is 1.49. The first-order valence-electron chi connectivity index (χ1n) is 11.3. The van der Waals surface area contributed by atoms with Gasteiger partial charge in [0, 0.05) is 19.0 Å². The van der Waals surface area contributed by atoms with Gasteiger partial charge in [-0.1, -0.05) is 23.7 Å². The normalized spacial score (nSPS) is 11.6. The molecule has 0 aliphatic heterocycles. The third kappa shape index (κ3) is 6.38. The molecule has 0 aliphatic carbocycles. The second kappa shape index (κ2) is 12.1. The van der Waals surface area contributed by atoms with Gasteiger partial charge in [-0.25, -0.2) is 9.97 Å². The van der Waals surface area contributed by atoms with Crippen LogP contribution in [0, 0.1) is 0 Å². The van der Waals surface area contributed by atoms with Crippen LogP contribution < -0.4 is 20.1 Å². The number of halogens is 1. The molecule has 1 amide bonds. The number of benzene rings is 2.